The Morgan fingerprint density at radius 3 is 2.37 bits per heavy atom. The molecule has 1 aliphatic rings. The Kier molecular flexibility index (Phi) is 6.25. The maximum absolute atomic E-state index is 11.1. The molecule has 0 aliphatic carbocycles. The summed E-state index contributed by atoms with van der Waals surface area (Å²) in [5.74, 6) is 1.54. The molecule has 0 spiro atoms. The number of nitro benzene ring substituents is 1. The largest absolute Gasteiger partial charge is 0.454 e. The Hall–Kier alpha value is -3.38. The van der Waals surface area contributed by atoms with Crippen LogP contribution in [0.1, 0.15) is 23.1 Å². The van der Waals surface area contributed by atoms with Gasteiger partial charge in [-0.1, -0.05) is 48.5 Å². The van der Waals surface area contributed by atoms with Gasteiger partial charge in [-0.25, -0.2) is 0 Å². The van der Waals surface area contributed by atoms with E-state index in [4.69, 9.17) is 9.47 Å². The highest BCUT2D eigenvalue weighted by atomic mass is 16.7. The Bertz CT molecular complexity index is 1010. The van der Waals surface area contributed by atoms with Crippen molar-refractivity contribution in [2.24, 2.45) is 0 Å². The van der Waals surface area contributed by atoms with Crippen LogP contribution in [0.3, 0.4) is 0 Å². The Morgan fingerprint density at radius 1 is 0.833 bits per heavy atom. The second-order valence-electron chi connectivity index (χ2n) is 7.41. The number of benzene rings is 3. The number of hydrogen-bond acceptors (Lipinski definition) is 5. The van der Waals surface area contributed by atoms with Gasteiger partial charge in [0.15, 0.2) is 11.5 Å². The summed E-state index contributed by atoms with van der Waals surface area (Å²) >= 11 is 0. The van der Waals surface area contributed by atoms with E-state index >= 15 is 0 Å². The van der Waals surface area contributed by atoms with E-state index in [0.29, 0.717) is 6.54 Å². The first-order chi connectivity index (χ1) is 14.7. The van der Waals surface area contributed by atoms with Gasteiger partial charge < -0.3 is 9.47 Å². The smallest absolute Gasteiger partial charge is 0.269 e. The summed E-state index contributed by atoms with van der Waals surface area (Å²) in [4.78, 5) is 13.1. The molecule has 0 N–H and O–H groups in total. The third-order valence-corrected chi connectivity index (χ3v) is 5.15. The van der Waals surface area contributed by atoms with Crippen molar-refractivity contribution in [3.8, 4) is 11.5 Å². The standard InChI is InChI=1S/C24H24N2O4/c27-26(28)22-10-4-8-20(14-22)16-25(13-5-9-19-6-2-1-3-7-19)17-21-11-12-23-24(15-21)30-18-29-23/h1-4,6-8,10-12,14-15H,5,9,13,16-18H2. The molecule has 30 heavy (non-hydrogen) atoms. The molecule has 4 rings (SSSR count). The van der Waals surface area contributed by atoms with Gasteiger partial charge in [-0.15, -0.1) is 0 Å². The molecule has 0 saturated heterocycles. The van der Waals surface area contributed by atoms with Crippen LogP contribution in [0.5, 0.6) is 11.5 Å². The molecular weight excluding hydrogens is 380 g/mol. The van der Waals surface area contributed by atoms with E-state index in [0.717, 1.165) is 48.6 Å². The zero-order valence-electron chi connectivity index (χ0n) is 16.7. The zero-order chi connectivity index (χ0) is 20.8. The first-order valence-electron chi connectivity index (χ1n) is 10.1. The Labute approximate surface area is 175 Å². The van der Waals surface area contributed by atoms with E-state index < -0.39 is 0 Å². The summed E-state index contributed by atoms with van der Waals surface area (Å²) in [6.07, 6.45) is 2.00. The van der Waals surface area contributed by atoms with Crippen molar-refractivity contribution in [3.05, 3.63) is 99.6 Å². The second kappa shape index (κ2) is 9.41. The number of ether oxygens (including phenoxy) is 2. The van der Waals surface area contributed by atoms with Crippen molar-refractivity contribution < 1.29 is 14.4 Å². The number of nitro groups is 1. The molecular formula is C24H24N2O4. The van der Waals surface area contributed by atoms with Crippen LogP contribution in [0.25, 0.3) is 0 Å². The molecule has 1 heterocycles. The van der Waals surface area contributed by atoms with Gasteiger partial charge in [-0.3, -0.25) is 15.0 Å². The molecule has 0 radical (unpaired) electrons. The molecule has 1 aliphatic heterocycles. The summed E-state index contributed by atoms with van der Waals surface area (Å²) in [5, 5.41) is 11.1. The summed E-state index contributed by atoms with van der Waals surface area (Å²) in [5.41, 5.74) is 3.50. The highest BCUT2D eigenvalue weighted by Gasteiger charge is 2.16. The van der Waals surface area contributed by atoms with E-state index in [1.54, 1.807) is 12.1 Å². The average molecular weight is 404 g/mol. The second-order valence-corrected chi connectivity index (χ2v) is 7.41. The summed E-state index contributed by atoms with van der Waals surface area (Å²) in [6.45, 7) is 2.51. The molecule has 0 fully saturated rings. The monoisotopic (exact) mass is 404 g/mol. The fourth-order valence-electron chi connectivity index (χ4n) is 3.69. The molecule has 6 nitrogen and oxygen atoms in total. The molecule has 6 heteroatoms. The lowest BCUT2D eigenvalue weighted by Crippen LogP contribution is -2.24. The third-order valence-electron chi connectivity index (χ3n) is 5.15. The molecule has 3 aromatic rings. The van der Waals surface area contributed by atoms with E-state index in [1.807, 2.05) is 30.3 Å². The summed E-state index contributed by atoms with van der Waals surface area (Å²) in [7, 11) is 0. The van der Waals surface area contributed by atoms with Crippen molar-refractivity contribution in [2.45, 2.75) is 25.9 Å². The van der Waals surface area contributed by atoms with E-state index in [1.165, 1.54) is 11.6 Å². The van der Waals surface area contributed by atoms with Gasteiger partial charge in [-0.2, -0.15) is 0 Å². The topological polar surface area (TPSA) is 64.8 Å². The average Bonchev–Trinajstić information content (AvgIpc) is 3.22. The van der Waals surface area contributed by atoms with Crippen LogP contribution < -0.4 is 9.47 Å². The predicted molar refractivity (Wildman–Crippen MR) is 115 cm³/mol. The van der Waals surface area contributed by atoms with Crippen molar-refractivity contribution in [1.29, 1.82) is 0 Å². The van der Waals surface area contributed by atoms with Gasteiger partial charge >= 0.3 is 0 Å². The minimum Gasteiger partial charge on any atom is -0.454 e. The third kappa shape index (κ3) is 5.15. The van der Waals surface area contributed by atoms with Crippen molar-refractivity contribution in [3.63, 3.8) is 0 Å². The van der Waals surface area contributed by atoms with E-state index in [9.17, 15) is 10.1 Å². The number of rotatable bonds is 9. The van der Waals surface area contributed by atoms with Gasteiger partial charge in [0.25, 0.3) is 5.69 Å². The highest BCUT2D eigenvalue weighted by Crippen LogP contribution is 2.33. The number of aryl methyl sites for hydroxylation is 1. The normalized spacial score (nSPS) is 12.3. The number of hydrogen-bond donors (Lipinski definition) is 0. The zero-order valence-corrected chi connectivity index (χ0v) is 16.7. The molecule has 0 aromatic heterocycles. The van der Waals surface area contributed by atoms with Gasteiger partial charge in [0.2, 0.25) is 6.79 Å². The summed E-state index contributed by atoms with van der Waals surface area (Å²) < 4.78 is 10.9. The fourth-order valence-corrected chi connectivity index (χ4v) is 3.69. The van der Waals surface area contributed by atoms with Gasteiger partial charge in [-0.05, 0) is 48.2 Å². The fraction of sp³-hybridized carbons (Fsp3) is 0.250. The van der Waals surface area contributed by atoms with Crippen LogP contribution in [-0.4, -0.2) is 23.2 Å². The van der Waals surface area contributed by atoms with Crippen LogP contribution in [0, 0.1) is 10.1 Å². The molecule has 0 saturated carbocycles. The maximum atomic E-state index is 11.1. The lowest BCUT2D eigenvalue weighted by molar-refractivity contribution is -0.384. The molecule has 3 aromatic carbocycles. The van der Waals surface area contributed by atoms with Crippen molar-refractivity contribution >= 4 is 5.69 Å². The molecule has 0 amide bonds. The number of non-ortho nitro benzene ring substituents is 1. The number of fused-ring (bicyclic) bond motifs is 1. The Balaban J connectivity index is 1.46. The van der Waals surface area contributed by atoms with Gasteiger partial charge in [0.05, 0.1) is 4.92 Å². The SMILES string of the molecule is O=[N+]([O-])c1cccc(CN(CCCc2ccccc2)Cc2ccc3c(c2)OCO3)c1. The van der Waals surface area contributed by atoms with Gasteiger partial charge in [0, 0.05) is 25.2 Å². The van der Waals surface area contributed by atoms with E-state index in [-0.39, 0.29) is 17.4 Å². The minimum absolute atomic E-state index is 0.125. The summed E-state index contributed by atoms with van der Waals surface area (Å²) in [6, 6.07) is 23.3. The number of nitrogens with zero attached hydrogens (tertiary/aromatic N) is 2. The van der Waals surface area contributed by atoms with Crippen molar-refractivity contribution in [1.82, 2.24) is 4.90 Å². The van der Waals surface area contributed by atoms with Crippen LogP contribution in [-0.2, 0) is 19.5 Å². The predicted octanol–water partition coefficient (Wildman–Crippen LogP) is 4.96. The Morgan fingerprint density at radius 2 is 1.57 bits per heavy atom. The van der Waals surface area contributed by atoms with Gasteiger partial charge in [0.1, 0.15) is 0 Å². The quantitative estimate of drug-likeness (QED) is 0.373. The first-order valence-corrected chi connectivity index (χ1v) is 10.1. The van der Waals surface area contributed by atoms with Crippen LogP contribution in [0.2, 0.25) is 0 Å². The van der Waals surface area contributed by atoms with Crippen LogP contribution in [0.4, 0.5) is 5.69 Å². The lowest BCUT2D eigenvalue weighted by Gasteiger charge is -2.23. The van der Waals surface area contributed by atoms with Crippen LogP contribution >= 0.6 is 0 Å². The van der Waals surface area contributed by atoms with Crippen LogP contribution in [0.15, 0.2) is 72.8 Å². The van der Waals surface area contributed by atoms with Crippen molar-refractivity contribution in [2.75, 3.05) is 13.3 Å². The first kappa shape index (κ1) is 19.9. The molecule has 154 valence electrons. The molecule has 0 atom stereocenters. The lowest BCUT2D eigenvalue weighted by atomic mass is 10.1. The molecule has 0 bridgehead atoms. The minimum atomic E-state index is -0.346. The maximum Gasteiger partial charge on any atom is 0.269 e. The van der Waals surface area contributed by atoms with E-state index in [2.05, 4.69) is 29.2 Å². The molecule has 0 unspecified atom stereocenters. The highest BCUT2D eigenvalue weighted by molar-refractivity contribution is 5.44.